The topological polar surface area (TPSA) is 59.4 Å². The maximum atomic E-state index is 11.4. The molecule has 0 atom stereocenters. The van der Waals surface area contributed by atoms with Gasteiger partial charge in [-0.3, -0.25) is 4.98 Å². The molecular formula is C13H11NO3. The van der Waals surface area contributed by atoms with Gasteiger partial charge in [0, 0.05) is 11.8 Å². The van der Waals surface area contributed by atoms with Gasteiger partial charge in [-0.15, -0.1) is 0 Å². The summed E-state index contributed by atoms with van der Waals surface area (Å²) in [6.45, 7) is 0. The van der Waals surface area contributed by atoms with Gasteiger partial charge in [-0.2, -0.15) is 0 Å². The van der Waals surface area contributed by atoms with Crippen molar-refractivity contribution in [1.29, 1.82) is 0 Å². The lowest BCUT2D eigenvalue weighted by molar-refractivity contribution is 0.0597. The number of carbonyl (C=O) groups is 1. The van der Waals surface area contributed by atoms with Crippen LogP contribution in [0.1, 0.15) is 10.4 Å². The molecule has 0 aliphatic rings. The fraction of sp³-hybridized carbons (Fsp3) is 0.0769. The van der Waals surface area contributed by atoms with Crippen LogP contribution in [-0.4, -0.2) is 23.2 Å². The number of phenols is 1. The molecule has 1 aromatic heterocycles. The highest BCUT2D eigenvalue weighted by Gasteiger charge is 2.12. The van der Waals surface area contributed by atoms with Crippen molar-refractivity contribution < 1.29 is 14.6 Å². The molecule has 2 aromatic rings. The average Bonchev–Trinajstić information content (AvgIpc) is 2.39. The highest BCUT2D eigenvalue weighted by Crippen LogP contribution is 2.24. The lowest BCUT2D eigenvalue weighted by Crippen LogP contribution is -2.01. The smallest absolute Gasteiger partial charge is 0.341 e. The Balaban J connectivity index is 2.48. The summed E-state index contributed by atoms with van der Waals surface area (Å²) in [5.74, 6) is -0.670. The molecule has 0 saturated heterocycles. The first-order chi connectivity index (χ1) is 8.22. The van der Waals surface area contributed by atoms with E-state index in [4.69, 9.17) is 0 Å². The number of ether oxygens (including phenoxy) is 1. The molecule has 0 fully saturated rings. The number of hydrogen-bond donors (Lipinski definition) is 1. The van der Waals surface area contributed by atoms with Crippen molar-refractivity contribution in [2.24, 2.45) is 0 Å². The number of methoxy groups -OCH3 is 1. The zero-order valence-corrected chi connectivity index (χ0v) is 9.25. The molecule has 0 bridgehead atoms. The Kier molecular flexibility index (Phi) is 3.05. The van der Waals surface area contributed by atoms with Crippen LogP contribution in [0.25, 0.3) is 11.3 Å². The molecule has 1 aromatic carbocycles. The van der Waals surface area contributed by atoms with Gasteiger partial charge in [-0.05, 0) is 30.3 Å². The monoisotopic (exact) mass is 229 g/mol. The van der Waals surface area contributed by atoms with Crippen LogP contribution < -0.4 is 0 Å². The predicted octanol–water partition coefficient (Wildman–Crippen LogP) is 2.24. The second-order valence-electron chi connectivity index (χ2n) is 3.44. The fourth-order valence-corrected chi connectivity index (χ4v) is 1.50. The number of rotatable bonds is 2. The third kappa shape index (κ3) is 2.25. The lowest BCUT2D eigenvalue weighted by atomic mass is 10.1. The standard InChI is InChI=1S/C13H11NO3/c1-17-13(16)10-8-9(5-6-12(10)15)11-4-2-3-7-14-11/h2-8,15H,1H3. The van der Waals surface area contributed by atoms with Gasteiger partial charge in [0.25, 0.3) is 0 Å². The van der Waals surface area contributed by atoms with Crippen molar-refractivity contribution >= 4 is 5.97 Å². The summed E-state index contributed by atoms with van der Waals surface area (Å²) in [6, 6.07) is 10.2. The van der Waals surface area contributed by atoms with Crippen LogP contribution in [-0.2, 0) is 4.74 Å². The molecule has 0 radical (unpaired) electrons. The normalized spacial score (nSPS) is 9.94. The van der Waals surface area contributed by atoms with E-state index in [2.05, 4.69) is 9.72 Å². The molecule has 2 rings (SSSR count). The number of aromatic nitrogens is 1. The van der Waals surface area contributed by atoms with Gasteiger partial charge in [0.15, 0.2) is 0 Å². The zero-order valence-electron chi connectivity index (χ0n) is 9.25. The minimum absolute atomic E-state index is 0.100. The Morgan fingerprint density at radius 1 is 1.29 bits per heavy atom. The molecule has 0 aliphatic carbocycles. The molecule has 0 unspecified atom stereocenters. The lowest BCUT2D eigenvalue weighted by Gasteiger charge is -2.05. The summed E-state index contributed by atoms with van der Waals surface area (Å²) in [7, 11) is 1.27. The second kappa shape index (κ2) is 4.65. The zero-order chi connectivity index (χ0) is 12.3. The van der Waals surface area contributed by atoms with Gasteiger partial charge < -0.3 is 9.84 Å². The Morgan fingerprint density at radius 3 is 2.76 bits per heavy atom. The van der Waals surface area contributed by atoms with Crippen molar-refractivity contribution in [1.82, 2.24) is 4.98 Å². The SMILES string of the molecule is COC(=O)c1cc(-c2ccccn2)ccc1O. The Bertz CT molecular complexity index is 538. The first-order valence-corrected chi connectivity index (χ1v) is 5.05. The van der Waals surface area contributed by atoms with Crippen molar-refractivity contribution in [3.63, 3.8) is 0 Å². The summed E-state index contributed by atoms with van der Waals surface area (Å²) in [6.07, 6.45) is 1.67. The van der Waals surface area contributed by atoms with E-state index in [1.165, 1.54) is 13.2 Å². The molecule has 0 saturated carbocycles. The van der Waals surface area contributed by atoms with Crippen LogP contribution in [0.4, 0.5) is 0 Å². The first kappa shape index (κ1) is 11.1. The summed E-state index contributed by atoms with van der Waals surface area (Å²) >= 11 is 0. The van der Waals surface area contributed by atoms with Crippen molar-refractivity contribution in [3.8, 4) is 17.0 Å². The summed E-state index contributed by atoms with van der Waals surface area (Å²) in [5.41, 5.74) is 1.62. The largest absolute Gasteiger partial charge is 0.507 e. The number of nitrogens with zero attached hydrogens (tertiary/aromatic N) is 1. The van der Waals surface area contributed by atoms with Gasteiger partial charge in [0.05, 0.1) is 12.8 Å². The molecule has 86 valence electrons. The second-order valence-corrected chi connectivity index (χ2v) is 3.44. The number of esters is 1. The van der Waals surface area contributed by atoms with Crippen LogP contribution in [0.5, 0.6) is 5.75 Å². The van der Waals surface area contributed by atoms with E-state index in [0.29, 0.717) is 0 Å². The third-order valence-corrected chi connectivity index (χ3v) is 2.36. The molecular weight excluding hydrogens is 218 g/mol. The van der Waals surface area contributed by atoms with Gasteiger partial charge in [0.1, 0.15) is 11.3 Å². The van der Waals surface area contributed by atoms with Crippen LogP contribution in [0.3, 0.4) is 0 Å². The minimum Gasteiger partial charge on any atom is -0.507 e. The van der Waals surface area contributed by atoms with E-state index >= 15 is 0 Å². The molecule has 0 aliphatic heterocycles. The maximum Gasteiger partial charge on any atom is 0.341 e. The number of hydrogen-bond acceptors (Lipinski definition) is 4. The first-order valence-electron chi connectivity index (χ1n) is 5.05. The number of benzene rings is 1. The molecule has 0 spiro atoms. The number of pyridine rings is 1. The Morgan fingerprint density at radius 2 is 2.12 bits per heavy atom. The quantitative estimate of drug-likeness (QED) is 0.802. The van der Waals surface area contributed by atoms with Crippen molar-refractivity contribution in [3.05, 3.63) is 48.2 Å². The maximum absolute atomic E-state index is 11.4. The van der Waals surface area contributed by atoms with E-state index in [1.807, 2.05) is 18.2 Å². The fourth-order valence-electron chi connectivity index (χ4n) is 1.50. The average molecular weight is 229 g/mol. The van der Waals surface area contributed by atoms with Crippen molar-refractivity contribution in [2.75, 3.05) is 7.11 Å². The highest BCUT2D eigenvalue weighted by molar-refractivity contribution is 5.93. The molecule has 4 nitrogen and oxygen atoms in total. The molecule has 17 heavy (non-hydrogen) atoms. The number of carbonyl (C=O) groups excluding carboxylic acids is 1. The third-order valence-electron chi connectivity index (χ3n) is 2.36. The molecule has 1 N–H and O–H groups in total. The van der Waals surface area contributed by atoms with Gasteiger partial charge in [-0.1, -0.05) is 6.07 Å². The molecule has 4 heteroatoms. The van der Waals surface area contributed by atoms with Crippen LogP contribution in [0.15, 0.2) is 42.6 Å². The van der Waals surface area contributed by atoms with Gasteiger partial charge >= 0.3 is 5.97 Å². The Hall–Kier alpha value is -2.36. The molecule has 0 amide bonds. The summed E-state index contributed by atoms with van der Waals surface area (Å²) < 4.78 is 4.59. The number of phenolic OH excluding ortho intramolecular Hbond substituents is 1. The Labute approximate surface area is 98.5 Å². The van der Waals surface area contributed by atoms with E-state index in [0.717, 1.165) is 11.3 Å². The number of aromatic hydroxyl groups is 1. The van der Waals surface area contributed by atoms with Crippen LogP contribution in [0.2, 0.25) is 0 Å². The summed E-state index contributed by atoms with van der Waals surface area (Å²) in [5, 5.41) is 9.56. The van der Waals surface area contributed by atoms with Crippen molar-refractivity contribution in [2.45, 2.75) is 0 Å². The van der Waals surface area contributed by atoms with Crippen LogP contribution >= 0.6 is 0 Å². The highest BCUT2D eigenvalue weighted by atomic mass is 16.5. The van der Waals surface area contributed by atoms with E-state index in [-0.39, 0.29) is 11.3 Å². The van der Waals surface area contributed by atoms with E-state index in [1.54, 1.807) is 18.3 Å². The predicted molar refractivity (Wildman–Crippen MR) is 62.7 cm³/mol. The van der Waals surface area contributed by atoms with E-state index in [9.17, 15) is 9.90 Å². The summed E-state index contributed by atoms with van der Waals surface area (Å²) in [4.78, 5) is 15.6. The van der Waals surface area contributed by atoms with Gasteiger partial charge in [0.2, 0.25) is 0 Å². The minimum atomic E-state index is -0.569. The van der Waals surface area contributed by atoms with Gasteiger partial charge in [-0.25, -0.2) is 4.79 Å². The van der Waals surface area contributed by atoms with Crippen LogP contribution in [0, 0.1) is 0 Å². The molecule has 1 heterocycles. The van der Waals surface area contributed by atoms with E-state index < -0.39 is 5.97 Å².